The molecule has 0 amide bonds. The van der Waals surface area contributed by atoms with Crippen LogP contribution in [0.2, 0.25) is 0 Å². The maximum absolute atomic E-state index is 2.54. The average molecular weight is 206 g/mol. The van der Waals surface area contributed by atoms with Gasteiger partial charge >= 0.3 is 0 Å². The van der Waals surface area contributed by atoms with Gasteiger partial charge in [-0.3, -0.25) is 0 Å². The largest absolute Gasteiger partial charge is 0.0596 e. The smallest absolute Gasteiger partial charge is 0.0240 e. The third kappa shape index (κ3) is 1.20. The van der Waals surface area contributed by atoms with E-state index in [9.17, 15) is 0 Å². The third-order valence-corrected chi connectivity index (χ3v) is 6.76. The van der Waals surface area contributed by atoms with Crippen molar-refractivity contribution in [2.75, 3.05) is 0 Å². The van der Waals surface area contributed by atoms with Gasteiger partial charge in [-0.05, 0) is 59.7 Å². The Morgan fingerprint density at radius 1 is 0.933 bits per heavy atom. The summed E-state index contributed by atoms with van der Waals surface area (Å²) >= 11 is 0. The highest BCUT2D eigenvalue weighted by molar-refractivity contribution is 5.16. The van der Waals surface area contributed by atoms with Crippen molar-refractivity contribution in [2.24, 2.45) is 34.0 Å². The van der Waals surface area contributed by atoms with Crippen LogP contribution < -0.4 is 0 Å². The molecule has 0 saturated heterocycles. The summed E-state index contributed by atoms with van der Waals surface area (Å²) in [5, 5.41) is 0. The van der Waals surface area contributed by atoms with E-state index in [-0.39, 0.29) is 0 Å². The molecule has 0 nitrogen and oxygen atoms in total. The second-order valence-electron chi connectivity index (χ2n) is 8.10. The van der Waals surface area contributed by atoms with Crippen LogP contribution in [-0.4, -0.2) is 0 Å². The van der Waals surface area contributed by atoms with E-state index in [2.05, 4.69) is 34.6 Å². The molecule has 0 aromatic heterocycles. The van der Waals surface area contributed by atoms with Crippen LogP contribution in [0, 0.1) is 34.0 Å². The van der Waals surface area contributed by atoms with Gasteiger partial charge < -0.3 is 0 Å². The highest BCUT2D eigenvalue weighted by Crippen LogP contribution is 2.75. The van der Waals surface area contributed by atoms with Crippen molar-refractivity contribution in [1.29, 1.82) is 0 Å². The van der Waals surface area contributed by atoms with Gasteiger partial charge in [0, 0.05) is 0 Å². The van der Waals surface area contributed by atoms with Gasteiger partial charge in [-0.2, -0.15) is 0 Å². The summed E-state index contributed by atoms with van der Waals surface area (Å²) in [4.78, 5) is 0. The molecule has 86 valence electrons. The van der Waals surface area contributed by atoms with Crippen LogP contribution in [-0.2, 0) is 0 Å². The first-order valence-electron chi connectivity index (χ1n) is 6.77. The minimum atomic E-state index is 0.621. The van der Waals surface area contributed by atoms with Gasteiger partial charge in [-0.15, -0.1) is 0 Å². The molecule has 0 aliphatic heterocycles. The van der Waals surface area contributed by atoms with Crippen LogP contribution in [0.1, 0.15) is 60.3 Å². The van der Waals surface area contributed by atoms with Gasteiger partial charge in [0.15, 0.2) is 0 Å². The minimum Gasteiger partial charge on any atom is -0.0596 e. The Hall–Kier alpha value is 0. The van der Waals surface area contributed by atoms with E-state index in [1.54, 1.807) is 0 Å². The van der Waals surface area contributed by atoms with Crippen LogP contribution in [0.15, 0.2) is 0 Å². The molecule has 0 radical (unpaired) electrons. The maximum atomic E-state index is 2.54. The molecule has 3 saturated carbocycles. The fraction of sp³-hybridized carbons (Fsp3) is 1.00. The van der Waals surface area contributed by atoms with Gasteiger partial charge in [0.2, 0.25) is 0 Å². The molecular formula is C15H26. The third-order valence-electron chi connectivity index (χ3n) is 6.76. The molecule has 0 heteroatoms. The highest BCUT2D eigenvalue weighted by atomic mass is 14.7. The van der Waals surface area contributed by atoms with Gasteiger partial charge in [-0.1, -0.05) is 34.6 Å². The van der Waals surface area contributed by atoms with Crippen molar-refractivity contribution in [3.8, 4) is 0 Å². The van der Waals surface area contributed by atoms with Crippen molar-refractivity contribution in [3.05, 3.63) is 0 Å². The predicted octanol–water partition coefficient (Wildman–Crippen LogP) is 4.49. The molecule has 4 atom stereocenters. The first-order chi connectivity index (χ1) is 6.77. The Bertz CT molecular complexity index is 299. The summed E-state index contributed by atoms with van der Waals surface area (Å²) in [6, 6.07) is 0. The number of rotatable bonds is 2. The molecule has 0 heterocycles. The zero-order valence-corrected chi connectivity index (χ0v) is 11.1. The summed E-state index contributed by atoms with van der Waals surface area (Å²) in [6.45, 7) is 12.5. The topological polar surface area (TPSA) is 0 Å². The zero-order valence-electron chi connectivity index (χ0n) is 11.1. The van der Waals surface area contributed by atoms with E-state index in [4.69, 9.17) is 0 Å². The lowest BCUT2D eigenvalue weighted by Gasteiger charge is -2.36. The van der Waals surface area contributed by atoms with Crippen molar-refractivity contribution in [3.63, 3.8) is 0 Å². The van der Waals surface area contributed by atoms with Crippen LogP contribution in [0.3, 0.4) is 0 Å². The Kier molecular flexibility index (Phi) is 1.67. The van der Waals surface area contributed by atoms with E-state index in [0.29, 0.717) is 10.8 Å². The average Bonchev–Trinajstić information content (AvgIpc) is 2.88. The molecule has 0 N–H and O–H groups in total. The van der Waals surface area contributed by atoms with Crippen molar-refractivity contribution >= 4 is 0 Å². The lowest BCUT2D eigenvalue weighted by Crippen LogP contribution is -2.28. The van der Waals surface area contributed by atoms with E-state index in [1.807, 2.05) is 0 Å². The summed E-state index contributed by atoms with van der Waals surface area (Å²) in [5.41, 5.74) is 2.02. The normalized spacial score (nSPS) is 53.8. The second kappa shape index (κ2) is 2.46. The van der Waals surface area contributed by atoms with E-state index in [0.717, 1.165) is 23.2 Å². The number of hydrogen-bond donors (Lipinski definition) is 0. The van der Waals surface area contributed by atoms with Crippen molar-refractivity contribution < 1.29 is 0 Å². The van der Waals surface area contributed by atoms with Gasteiger partial charge in [0.05, 0.1) is 0 Å². The monoisotopic (exact) mass is 206 g/mol. The lowest BCUT2D eigenvalue weighted by molar-refractivity contribution is 0.133. The highest BCUT2D eigenvalue weighted by Gasteiger charge is 2.67. The lowest BCUT2D eigenvalue weighted by atomic mass is 9.69. The summed E-state index contributed by atoms with van der Waals surface area (Å²) in [6.07, 6.45) is 6.06. The molecule has 1 unspecified atom stereocenters. The zero-order chi connectivity index (χ0) is 11.1. The molecule has 3 fully saturated rings. The summed E-state index contributed by atoms with van der Waals surface area (Å²) in [7, 11) is 0. The van der Waals surface area contributed by atoms with E-state index >= 15 is 0 Å². The molecule has 0 bridgehead atoms. The SMILES string of the molecule is CC1(C)C[C@@H]1C[C@@H]1CC2C[C@@]2(C)C1(C)C. The fourth-order valence-electron chi connectivity index (χ4n) is 4.40. The quantitative estimate of drug-likeness (QED) is 0.624. The molecule has 0 aromatic carbocycles. The number of hydrogen-bond acceptors (Lipinski definition) is 0. The summed E-state index contributed by atoms with van der Waals surface area (Å²) < 4.78 is 0. The van der Waals surface area contributed by atoms with Crippen LogP contribution in [0.25, 0.3) is 0 Å². The standard InChI is InChI=1S/C15H26/c1-13(2)8-11(13)6-10-7-12-9-15(12,5)14(10,3)4/h10-12H,6-9H2,1-5H3/t10-,11+,12?,15-/m1/s1. The Balaban J connectivity index is 1.70. The molecule has 0 aromatic rings. The predicted molar refractivity (Wildman–Crippen MR) is 64.6 cm³/mol. The molecule has 3 rings (SSSR count). The molecule has 3 aliphatic rings. The summed E-state index contributed by atoms with van der Waals surface area (Å²) in [5.74, 6) is 3.15. The Morgan fingerprint density at radius 3 is 1.93 bits per heavy atom. The van der Waals surface area contributed by atoms with Gasteiger partial charge in [-0.25, -0.2) is 0 Å². The molecule has 0 spiro atoms. The Morgan fingerprint density at radius 2 is 1.53 bits per heavy atom. The first kappa shape index (κ1) is 10.2. The van der Waals surface area contributed by atoms with Gasteiger partial charge in [0.25, 0.3) is 0 Å². The first-order valence-corrected chi connectivity index (χ1v) is 6.77. The van der Waals surface area contributed by atoms with Crippen molar-refractivity contribution in [2.45, 2.75) is 60.3 Å². The number of fused-ring (bicyclic) bond motifs is 1. The second-order valence-corrected chi connectivity index (χ2v) is 8.10. The minimum absolute atomic E-state index is 0.621. The van der Waals surface area contributed by atoms with Crippen LogP contribution in [0.5, 0.6) is 0 Å². The van der Waals surface area contributed by atoms with Crippen LogP contribution in [0.4, 0.5) is 0 Å². The van der Waals surface area contributed by atoms with E-state index < -0.39 is 0 Å². The fourth-order valence-corrected chi connectivity index (χ4v) is 4.40. The molecule has 3 aliphatic carbocycles. The molecule has 15 heavy (non-hydrogen) atoms. The van der Waals surface area contributed by atoms with Crippen LogP contribution >= 0.6 is 0 Å². The van der Waals surface area contributed by atoms with E-state index in [1.165, 1.54) is 25.7 Å². The molecular weight excluding hydrogens is 180 g/mol. The van der Waals surface area contributed by atoms with Gasteiger partial charge in [0.1, 0.15) is 0 Å². The Labute approximate surface area is 94.8 Å². The maximum Gasteiger partial charge on any atom is -0.0240 e. The van der Waals surface area contributed by atoms with Crippen molar-refractivity contribution in [1.82, 2.24) is 0 Å².